The average molecular weight is 469 g/mol. The fourth-order valence-corrected chi connectivity index (χ4v) is 3.68. The van der Waals surface area contributed by atoms with Gasteiger partial charge in [0.1, 0.15) is 17.7 Å². The molecule has 0 atom stereocenters. The molecule has 0 N–H and O–H groups in total. The molecule has 5 nitrogen and oxygen atoms in total. The second kappa shape index (κ2) is 13.5. The Bertz CT molecular complexity index is 767. The maximum Gasteiger partial charge on any atom is 0.307 e. The summed E-state index contributed by atoms with van der Waals surface area (Å²) < 4.78 is 37.8. The fourth-order valence-electron chi connectivity index (χ4n) is 3.68. The minimum Gasteiger partial charge on any atom is -0.466 e. The number of nitrogens with zero attached hydrogens (tertiary/aromatic N) is 2. The molecular weight excluding hydrogens is 438 g/mol. The lowest BCUT2D eigenvalue weighted by Crippen LogP contribution is -2.47. The highest BCUT2D eigenvalue weighted by atomic mass is 35.5. The van der Waals surface area contributed by atoms with Crippen LogP contribution in [0.4, 0.5) is 8.78 Å². The summed E-state index contributed by atoms with van der Waals surface area (Å²) in [5.74, 6) is -0.754. The van der Waals surface area contributed by atoms with Gasteiger partial charge in [-0.2, -0.15) is 0 Å². The third-order valence-corrected chi connectivity index (χ3v) is 5.44. The van der Waals surface area contributed by atoms with Gasteiger partial charge in [-0.25, -0.2) is 8.78 Å². The molecule has 8 heteroatoms. The monoisotopic (exact) mass is 468 g/mol. The SMILES string of the molecule is CCOC(=O)CCN1CCN(CCOC(c2ccc(F)cc2)c2ccc(F)cc2)CC1.Cl. The van der Waals surface area contributed by atoms with E-state index in [2.05, 4.69) is 9.80 Å². The predicted octanol–water partition coefficient (Wildman–Crippen LogP) is 4.06. The molecular formula is C24H31ClF2N2O3. The summed E-state index contributed by atoms with van der Waals surface area (Å²) in [5, 5.41) is 0. The van der Waals surface area contributed by atoms with Crippen molar-refractivity contribution in [2.24, 2.45) is 0 Å². The number of hydrogen-bond donors (Lipinski definition) is 0. The summed E-state index contributed by atoms with van der Waals surface area (Å²) in [6.07, 6.45) is 0.0422. The van der Waals surface area contributed by atoms with Gasteiger partial charge < -0.3 is 14.4 Å². The number of esters is 1. The molecule has 1 aliphatic heterocycles. The molecule has 1 aliphatic rings. The number of piperazine rings is 1. The molecule has 0 spiro atoms. The molecule has 0 radical (unpaired) electrons. The Labute approximate surface area is 194 Å². The second-order valence-electron chi connectivity index (χ2n) is 7.59. The van der Waals surface area contributed by atoms with Crippen LogP contribution in [0.15, 0.2) is 48.5 Å². The standard InChI is InChI=1S/C24H30F2N2O3.ClH/c1-2-30-23(29)11-12-27-13-15-28(16-14-27)17-18-31-24(19-3-7-21(25)8-4-19)20-5-9-22(26)10-6-20;/h3-10,24H,2,11-18H2,1H3;1H. The fraction of sp³-hybridized carbons (Fsp3) is 0.458. The lowest BCUT2D eigenvalue weighted by molar-refractivity contribution is -0.143. The molecule has 1 fully saturated rings. The number of carbonyl (C=O) groups excluding carboxylic acids is 1. The van der Waals surface area contributed by atoms with Crippen LogP contribution in [0.2, 0.25) is 0 Å². The minimum absolute atomic E-state index is 0. The van der Waals surface area contributed by atoms with Crippen molar-refractivity contribution in [3.63, 3.8) is 0 Å². The average Bonchev–Trinajstić information content (AvgIpc) is 2.78. The number of rotatable bonds is 10. The maximum absolute atomic E-state index is 13.3. The van der Waals surface area contributed by atoms with E-state index in [0.717, 1.165) is 50.4 Å². The molecule has 176 valence electrons. The van der Waals surface area contributed by atoms with Gasteiger partial charge in [0.15, 0.2) is 0 Å². The zero-order valence-corrected chi connectivity index (χ0v) is 19.2. The van der Waals surface area contributed by atoms with Gasteiger partial charge in [0, 0.05) is 39.3 Å². The quantitative estimate of drug-likeness (QED) is 0.492. The van der Waals surface area contributed by atoms with Crippen LogP contribution in [0.5, 0.6) is 0 Å². The molecule has 2 aromatic rings. The van der Waals surface area contributed by atoms with E-state index in [-0.39, 0.29) is 36.1 Å². The lowest BCUT2D eigenvalue weighted by atomic mass is 10.0. The van der Waals surface area contributed by atoms with Crippen LogP contribution in [-0.2, 0) is 14.3 Å². The van der Waals surface area contributed by atoms with Crippen LogP contribution < -0.4 is 0 Å². The number of ether oxygens (including phenoxy) is 2. The predicted molar refractivity (Wildman–Crippen MR) is 122 cm³/mol. The molecule has 0 unspecified atom stereocenters. The third kappa shape index (κ3) is 8.13. The van der Waals surface area contributed by atoms with Crippen LogP contribution in [-0.4, -0.2) is 68.3 Å². The number of benzene rings is 2. The van der Waals surface area contributed by atoms with E-state index < -0.39 is 0 Å². The van der Waals surface area contributed by atoms with Gasteiger partial charge in [-0.3, -0.25) is 9.69 Å². The second-order valence-corrected chi connectivity index (χ2v) is 7.59. The number of halogens is 3. The zero-order valence-electron chi connectivity index (χ0n) is 18.3. The zero-order chi connectivity index (χ0) is 22.1. The Kier molecular flexibility index (Phi) is 11.0. The molecule has 0 aromatic heterocycles. The van der Waals surface area contributed by atoms with Crippen molar-refractivity contribution < 1.29 is 23.0 Å². The molecule has 0 bridgehead atoms. The van der Waals surface area contributed by atoms with Crippen molar-refractivity contribution in [1.29, 1.82) is 0 Å². The molecule has 32 heavy (non-hydrogen) atoms. The van der Waals surface area contributed by atoms with Gasteiger partial charge >= 0.3 is 5.97 Å². The first-order valence-corrected chi connectivity index (χ1v) is 10.8. The first-order chi connectivity index (χ1) is 15.0. The molecule has 1 heterocycles. The van der Waals surface area contributed by atoms with Crippen LogP contribution in [0, 0.1) is 11.6 Å². The van der Waals surface area contributed by atoms with Crippen LogP contribution in [0.25, 0.3) is 0 Å². The van der Waals surface area contributed by atoms with E-state index in [1.807, 2.05) is 6.92 Å². The van der Waals surface area contributed by atoms with E-state index in [4.69, 9.17) is 9.47 Å². The van der Waals surface area contributed by atoms with Crippen molar-refractivity contribution in [2.45, 2.75) is 19.4 Å². The molecule has 2 aromatic carbocycles. The molecule has 0 saturated carbocycles. The minimum atomic E-state index is -0.382. The van der Waals surface area contributed by atoms with Gasteiger partial charge in [0.25, 0.3) is 0 Å². The Balaban J connectivity index is 0.00000363. The smallest absolute Gasteiger partial charge is 0.307 e. The Morgan fingerprint density at radius 1 is 0.875 bits per heavy atom. The van der Waals surface area contributed by atoms with E-state index in [1.54, 1.807) is 24.3 Å². The highest BCUT2D eigenvalue weighted by Crippen LogP contribution is 2.26. The van der Waals surface area contributed by atoms with Crippen molar-refractivity contribution in [2.75, 3.05) is 52.5 Å². The van der Waals surface area contributed by atoms with Crippen LogP contribution in [0.3, 0.4) is 0 Å². The first kappa shape index (κ1) is 26.2. The Morgan fingerprint density at radius 2 is 1.34 bits per heavy atom. The topological polar surface area (TPSA) is 42.0 Å². The summed E-state index contributed by atoms with van der Waals surface area (Å²) in [4.78, 5) is 16.1. The van der Waals surface area contributed by atoms with Crippen molar-refractivity contribution >= 4 is 18.4 Å². The van der Waals surface area contributed by atoms with Crippen molar-refractivity contribution in [3.8, 4) is 0 Å². The summed E-state index contributed by atoms with van der Waals surface area (Å²) in [5.41, 5.74) is 1.66. The van der Waals surface area contributed by atoms with Gasteiger partial charge in [0.05, 0.1) is 19.6 Å². The van der Waals surface area contributed by atoms with E-state index >= 15 is 0 Å². The largest absolute Gasteiger partial charge is 0.466 e. The van der Waals surface area contributed by atoms with Crippen LogP contribution >= 0.6 is 12.4 Å². The highest BCUT2D eigenvalue weighted by molar-refractivity contribution is 5.85. The normalized spacial score (nSPS) is 14.9. The lowest BCUT2D eigenvalue weighted by Gasteiger charge is -2.34. The van der Waals surface area contributed by atoms with Gasteiger partial charge in [-0.05, 0) is 42.3 Å². The van der Waals surface area contributed by atoms with E-state index in [0.29, 0.717) is 19.6 Å². The van der Waals surface area contributed by atoms with Gasteiger partial charge in [0.2, 0.25) is 0 Å². The Hall–Kier alpha value is -2.06. The molecule has 3 rings (SSSR count). The van der Waals surface area contributed by atoms with E-state index in [1.165, 1.54) is 24.3 Å². The molecule has 0 amide bonds. The summed E-state index contributed by atoms with van der Waals surface area (Å²) >= 11 is 0. The van der Waals surface area contributed by atoms with Gasteiger partial charge in [-0.15, -0.1) is 12.4 Å². The number of hydrogen-bond acceptors (Lipinski definition) is 5. The summed E-state index contributed by atoms with van der Waals surface area (Å²) in [6.45, 7) is 7.84. The van der Waals surface area contributed by atoms with Gasteiger partial charge in [-0.1, -0.05) is 24.3 Å². The maximum atomic E-state index is 13.3. The summed E-state index contributed by atoms with van der Waals surface area (Å²) in [6, 6.07) is 12.4. The third-order valence-electron chi connectivity index (χ3n) is 5.44. The Morgan fingerprint density at radius 3 is 1.81 bits per heavy atom. The first-order valence-electron chi connectivity index (χ1n) is 10.8. The van der Waals surface area contributed by atoms with Crippen molar-refractivity contribution in [1.82, 2.24) is 9.80 Å². The summed E-state index contributed by atoms with van der Waals surface area (Å²) in [7, 11) is 0. The molecule has 0 aliphatic carbocycles. The highest BCUT2D eigenvalue weighted by Gasteiger charge is 2.19. The van der Waals surface area contributed by atoms with E-state index in [9.17, 15) is 13.6 Å². The number of carbonyl (C=O) groups is 1. The van der Waals surface area contributed by atoms with Crippen molar-refractivity contribution in [3.05, 3.63) is 71.3 Å². The van der Waals surface area contributed by atoms with Crippen LogP contribution in [0.1, 0.15) is 30.6 Å². The molecule has 1 saturated heterocycles.